The second-order valence-electron chi connectivity index (χ2n) is 3.91. The van der Waals surface area contributed by atoms with Gasteiger partial charge in [0.05, 0.1) is 18.9 Å². The maximum Gasteiger partial charge on any atom is 0.326 e. The van der Waals surface area contributed by atoms with Gasteiger partial charge < -0.3 is 20.3 Å². The molecule has 0 bridgehead atoms. The molecule has 0 saturated carbocycles. The third-order valence-electron chi connectivity index (χ3n) is 2.45. The summed E-state index contributed by atoms with van der Waals surface area (Å²) in [4.78, 5) is 37.4. The fourth-order valence-corrected chi connectivity index (χ4v) is 1.42. The Hall–Kier alpha value is -2.64. The predicted octanol–water partition coefficient (Wildman–Crippen LogP) is -0.0766. The summed E-state index contributed by atoms with van der Waals surface area (Å²) in [6.07, 6.45) is 2.10. The first-order valence-corrected chi connectivity index (χ1v) is 5.68. The molecule has 8 nitrogen and oxygen atoms in total. The molecule has 20 heavy (non-hydrogen) atoms. The highest BCUT2D eigenvalue weighted by molar-refractivity contribution is 5.96. The van der Waals surface area contributed by atoms with Crippen LogP contribution < -0.4 is 5.32 Å². The number of pyridine rings is 1. The van der Waals surface area contributed by atoms with Gasteiger partial charge in [0.25, 0.3) is 5.91 Å². The number of nitrogens with zero attached hydrogens (tertiary/aromatic N) is 1. The highest BCUT2D eigenvalue weighted by Gasteiger charge is 2.22. The first-order valence-electron chi connectivity index (χ1n) is 5.68. The van der Waals surface area contributed by atoms with E-state index >= 15 is 0 Å². The highest BCUT2D eigenvalue weighted by atomic mass is 16.5. The first kappa shape index (κ1) is 15.4. The van der Waals surface area contributed by atoms with E-state index in [1.807, 2.05) is 0 Å². The van der Waals surface area contributed by atoms with Gasteiger partial charge in [-0.05, 0) is 12.5 Å². The summed E-state index contributed by atoms with van der Waals surface area (Å²) in [6, 6.07) is -0.0781. The molecule has 0 radical (unpaired) electrons. The van der Waals surface area contributed by atoms with E-state index < -0.39 is 23.9 Å². The molecule has 108 valence electrons. The molecular formula is C12H14N2O6. The molecular weight excluding hydrogens is 268 g/mol. The Morgan fingerprint density at radius 1 is 1.40 bits per heavy atom. The number of aromatic hydroxyl groups is 1. The zero-order valence-corrected chi connectivity index (χ0v) is 10.7. The number of methoxy groups -OCH3 is 1. The number of carboxylic acids is 1. The quantitative estimate of drug-likeness (QED) is 0.623. The fraction of sp³-hybridized carbons (Fsp3) is 0.333. The van der Waals surface area contributed by atoms with Crippen molar-refractivity contribution in [3.63, 3.8) is 0 Å². The van der Waals surface area contributed by atoms with Crippen molar-refractivity contribution in [3.8, 4) is 5.75 Å². The number of carbonyl (C=O) groups excluding carboxylic acids is 2. The molecule has 0 aliphatic carbocycles. The number of nitrogens with one attached hydrogen (secondary N) is 1. The standard InChI is InChI=1S/C12H14N2O6/c1-20-10(16)3-2-9(12(18)19)14-11(17)7-4-8(15)6-13-5-7/h4-6,9,15H,2-3H2,1H3,(H,14,17)(H,18,19). The number of carboxylic acid groups (broad SMARTS) is 1. The molecule has 0 aliphatic heterocycles. The van der Waals surface area contributed by atoms with Gasteiger partial charge >= 0.3 is 11.9 Å². The summed E-state index contributed by atoms with van der Waals surface area (Å²) >= 11 is 0. The normalized spacial score (nSPS) is 11.4. The highest BCUT2D eigenvalue weighted by Crippen LogP contribution is 2.09. The van der Waals surface area contributed by atoms with Crippen LogP contribution in [-0.2, 0) is 14.3 Å². The molecule has 0 fully saturated rings. The summed E-state index contributed by atoms with van der Waals surface area (Å²) in [5, 5.41) is 20.4. The fourth-order valence-electron chi connectivity index (χ4n) is 1.42. The molecule has 1 aromatic rings. The zero-order valence-electron chi connectivity index (χ0n) is 10.7. The Kier molecular flexibility index (Phi) is 5.45. The van der Waals surface area contributed by atoms with Crippen LogP contribution in [0.25, 0.3) is 0 Å². The van der Waals surface area contributed by atoms with Crippen molar-refractivity contribution in [1.29, 1.82) is 0 Å². The lowest BCUT2D eigenvalue weighted by Crippen LogP contribution is -2.41. The lowest BCUT2D eigenvalue weighted by Gasteiger charge is -2.13. The molecule has 1 amide bonds. The molecule has 1 unspecified atom stereocenters. The SMILES string of the molecule is COC(=O)CCC(NC(=O)c1cncc(O)c1)C(=O)O. The van der Waals surface area contributed by atoms with Crippen molar-refractivity contribution < 1.29 is 29.3 Å². The van der Waals surface area contributed by atoms with E-state index in [2.05, 4.69) is 15.0 Å². The second-order valence-corrected chi connectivity index (χ2v) is 3.91. The number of amides is 1. The van der Waals surface area contributed by atoms with Crippen LogP contribution in [0.3, 0.4) is 0 Å². The molecule has 0 aliphatic rings. The van der Waals surface area contributed by atoms with Gasteiger partial charge in [0, 0.05) is 12.6 Å². The van der Waals surface area contributed by atoms with Gasteiger partial charge in [0.15, 0.2) is 0 Å². The largest absolute Gasteiger partial charge is 0.506 e. The van der Waals surface area contributed by atoms with E-state index in [0.29, 0.717) is 0 Å². The lowest BCUT2D eigenvalue weighted by atomic mass is 10.1. The van der Waals surface area contributed by atoms with Crippen LogP contribution in [0, 0.1) is 0 Å². The van der Waals surface area contributed by atoms with Crippen LogP contribution in [0.5, 0.6) is 5.75 Å². The molecule has 1 atom stereocenters. The van der Waals surface area contributed by atoms with Crippen LogP contribution in [0.4, 0.5) is 0 Å². The third kappa shape index (κ3) is 4.56. The van der Waals surface area contributed by atoms with Crippen molar-refractivity contribution >= 4 is 17.8 Å². The van der Waals surface area contributed by atoms with Gasteiger partial charge in [-0.15, -0.1) is 0 Å². The zero-order chi connectivity index (χ0) is 15.1. The number of ether oxygens (including phenoxy) is 1. The second kappa shape index (κ2) is 7.07. The van der Waals surface area contributed by atoms with Crippen LogP contribution in [0.2, 0.25) is 0 Å². The summed E-state index contributed by atoms with van der Waals surface area (Å²) in [5.74, 6) is -2.75. The molecule has 0 spiro atoms. The Labute approximate surface area is 114 Å². The van der Waals surface area contributed by atoms with Crippen molar-refractivity contribution in [2.24, 2.45) is 0 Å². The van der Waals surface area contributed by atoms with E-state index in [1.54, 1.807) is 0 Å². The van der Waals surface area contributed by atoms with Gasteiger partial charge in [-0.2, -0.15) is 0 Å². The Bertz CT molecular complexity index is 516. The molecule has 1 rings (SSSR count). The lowest BCUT2D eigenvalue weighted by molar-refractivity contribution is -0.142. The number of aromatic nitrogens is 1. The smallest absolute Gasteiger partial charge is 0.326 e. The number of aliphatic carboxylic acids is 1. The maximum absolute atomic E-state index is 11.8. The molecule has 1 heterocycles. The number of esters is 1. The number of carbonyl (C=O) groups is 3. The minimum absolute atomic E-state index is 0.0225. The van der Waals surface area contributed by atoms with Crippen molar-refractivity contribution in [3.05, 3.63) is 24.0 Å². The molecule has 8 heteroatoms. The van der Waals surface area contributed by atoms with Crippen LogP contribution in [0.15, 0.2) is 18.5 Å². The van der Waals surface area contributed by atoms with Crippen LogP contribution >= 0.6 is 0 Å². The number of rotatable bonds is 6. The van der Waals surface area contributed by atoms with Crippen molar-refractivity contribution in [1.82, 2.24) is 10.3 Å². The third-order valence-corrected chi connectivity index (χ3v) is 2.45. The van der Waals surface area contributed by atoms with Gasteiger partial charge in [-0.3, -0.25) is 14.6 Å². The van der Waals surface area contributed by atoms with Crippen molar-refractivity contribution in [2.45, 2.75) is 18.9 Å². The van der Waals surface area contributed by atoms with E-state index in [9.17, 15) is 19.5 Å². The Balaban J connectivity index is 2.68. The van der Waals surface area contributed by atoms with E-state index in [0.717, 1.165) is 12.3 Å². The van der Waals surface area contributed by atoms with E-state index in [-0.39, 0.29) is 24.2 Å². The monoisotopic (exact) mass is 282 g/mol. The van der Waals surface area contributed by atoms with E-state index in [4.69, 9.17) is 5.11 Å². The minimum atomic E-state index is -1.27. The van der Waals surface area contributed by atoms with Crippen LogP contribution in [-0.4, -0.2) is 46.2 Å². The first-order chi connectivity index (χ1) is 9.43. The topological polar surface area (TPSA) is 126 Å². The molecule has 0 aromatic carbocycles. The summed E-state index contributed by atoms with van der Waals surface area (Å²) in [6.45, 7) is 0. The average molecular weight is 282 g/mol. The summed E-state index contributed by atoms with van der Waals surface area (Å²) in [5.41, 5.74) is 0.0225. The maximum atomic E-state index is 11.8. The molecule has 1 aromatic heterocycles. The Morgan fingerprint density at radius 3 is 2.65 bits per heavy atom. The summed E-state index contributed by atoms with van der Waals surface area (Å²) < 4.78 is 4.40. The van der Waals surface area contributed by atoms with Crippen molar-refractivity contribution in [2.75, 3.05) is 7.11 Å². The minimum Gasteiger partial charge on any atom is -0.506 e. The average Bonchev–Trinajstić information content (AvgIpc) is 2.42. The van der Waals surface area contributed by atoms with E-state index in [1.165, 1.54) is 13.3 Å². The molecule has 0 saturated heterocycles. The van der Waals surface area contributed by atoms with Gasteiger partial charge in [-0.1, -0.05) is 0 Å². The van der Waals surface area contributed by atoms with Crippen LogP contribution in [0.1, 0.15) is 23.2 Å². The van der Waals surface area contributed by atoms with Gasteiger partial charge in [-0.25, -0.2) is 4.79 Å². The number of hydrogen-bond donors (Lipinski definition) is 3. The predicted molar refractivity (Wildman–Crippen MR) is 66.0 cm³/mol. The van der Waals surface area contributed by atoms with Gasteiger partial charge in [0.2, 0.25) is 0 Å². The molecule has 3 N–H and O–H groups in total. The Morgan fingerprint density at radius 2 is 2.10 bits per heavy atom. The number of hydrogen-bond acceptors (Lipinski definition) is 6. The summed E-state index contributed by atoms with van der Waals surface area (Å²) in [7, 11) is 1.19. The van der Waals surface area contributed by atoms with Gasteiger partial charge in [0.1, 0.15) is 11.8 Å².